The number of ether oxygens (including phenoxy) is 1. The lowest BCUT2D eigenvalue weighted by molar-refractivity contribution is 0.0601. The third-order valence-electron chi connectivity index (χ3n) is 4.07. The van der Waals surface area contributed by atoms with E-state index in [-0.39, 0.29) is 5.97 Å². The van der Waals surface area contributed by atoms with Crippen LogP contribution in [0.4, 0.5) is 23.1 Å². The van der Waals surface area contributed by atoms with Gasteiger partial charge < -0.3 is 15.0 Å². The van der Waals surface area contributed by atoms with Crippen molar-refractivity contribution in [3.8, 4) is 0 Å². The molecule has 0 fully saturated rings. The molecule has 0 aliphatic rings. The van der Waals surface area contributed by atoms with E-state index in [0.29, 0.717) is 17.3 Å². The molecule has 3 rings (SSSR count). The highest BCUT2D eigenvalue weighted by molar-refractivity contribution is 5.90. The summed E-state index contributed by atoms with van der Waals surface area (Å²) in [6, 6.07) is 17.1. The molecule has 6 heteroatoms. The molecule has 3 aromatic rings. The fraction of sp³-hybridized carbons (Fsp3) is 0.190. The maximum absolute atomic E-state index is 11.7. The lowest BCUT2D eigenvalue weighted by atomic mass is 10.2. The van der Waals surface area contributed by atoms with Crippen molar-refractivity contribution in [3.05, 3.63) is 71.9 Å². The Labute approximate surface area is 158 Å². The molecule has 0 saturated carbocycles. The molecular weight excluding hydrogens is 340 g/mol. The average Bonchev–Trinajstić information content (AvgIpc) is 2.68. The predicted octanol–water partition coefficient (Wildman–Crippen LogP) is 4.47. The number of hydrogen-bond donors (Lipinski definition) is 1. The second-order valence-electron chi connectivity index (χ2n) is 6.02. The summed E-state index contributed by atoms with van der Waals surface area (Å²) in [6.07, 6.45) is 1.72. The number of rotatable bonds is 6. The molecule has 1 aromatic heterocycles. The standard InChI is InChI=1S/C21H22N4O2/c1-4-25(18-10-5-7-15(2)13-18)21-22-12-11-19(24-21)23-17-9-6-8-16(14-17)20(26)27-3/h5-14H,4H2,1-3H3,(H,22,23,24). The Kier molecular flexibility index (Phi) is 5.66. The zero-order chi connectivity index (χ0) is 19.2. The maximum atomic E-state index is 11.7. The molecular formula is C21H22N4O2. The van der Waals surface area contributed by atoms with Gasteiger partial charge in [0.05, 0.1) is 12.7 Å². The fourth-order valence-corrected chi connectivity index (χ4v) is 2.77. The minimum atomic E-state index is -0.376. The third-order valence-corrected chi connectivity index (χ3v) is 4.07. The highest BCUT2D eigenvalue weighted by Gasteiger charge is 2.12. The highest BCUT2D eigenvalue weighted by atomic mass is 16.5. The van der Waals surface area contributed by atoms with Crippen LogP contribution in [0.15, 0.2) is 60.8 Å². The number of methoxy groups -OCH3 is 1. The molecule has 2 aromatic carbocycles. The molecule has 6 nitrogen and oxygen atoms in total. The van der Waals surface area contributed by atoms with Crippen LogP contribution in [-0.4, -0.2) is 29.6 Å². The van der Waals surface area contributed by atoms with Crippen LogP contribution >= 0.6 is 0 Å². The van der Waals surface area contributed by atoms with Gasteiger partial charge in [0.1, 0.15) is 5.82 Å². The highest BCUT2D eigenvalue weighted by Crippen LogP contribution is 2.24. The van der Waals surface area contributed by atoms with Gasteiger partial charge in [-0.05, 0) is 55.8 Å². The summed E-state index contributed by atoms with van der Waals surface area (Å²) in [5.74, 6) is 0.879. The van der Waals surface area contributed by atoms with Gasteiger partial charge in [-0.1, -0.05) is 18.2 Å². The van der Waals surface area contributed by atoms with Gasteiger partial charge in [0.15, 0.2) is 0 Å². The van der Waals surface area contributed by atoms with Crippen molar-refractivity contribution < 1.29 is 9.53 Å². The van der Waals surface area contributed by atoms with E-state index in [1.165, 1.54) is 12.7 Å². The summed E-state index contributed by atoms with van der Waals surface area (Å²) in [5, 5.41) is 3.22. The van der Waals surface area contributed by atoms with Crippen LogP contribution < -0.4 is 10.2 Å². The van der Waals surface area contributed by atoms with Gasteiger partial charge in [0.25, 0.3) is 0 Å². The minimum Gasteiger partial charge on any atom is -0.465 e. The minimum absolute atomic E-state index is 0.376. The molecule has 0 saturated heterocycles. The first-order chi connectivity index (χ1) is 13.1. The lowest BCUT2D eigenvalue weighted by Crippen LogP contribution is -2.19. The number of aryl methyl sites for hydroxylation is 1. The van der Waals surface area contributed by atoms with Gasteiger partial charge >= 0.3 is 5.97 Å². The molecule has 0 unspecified atom stereocenters. The topological polar surface area (TPSA) is 67.4 Å². The zero-order valence-electron chi connectivity index (χ0n) is 15.6. The molecule has 0 amide bonds. The normalized spacial score (nSPS) is 10.3. The molecule has 0 atom stereocenters. The van der Waals surface area contributed by atoms with Crippen LogP contribution in [0.2, 0.25) is 0 Å². The molecule has 0 bridgehead atoms. The molecule has 0 spiro atoms. The quantitative estimate of drug-likeness (QED) is 0.653. The Morgan fingerprint density at radius 3 is 2.70 bits per heavy atom. The summed E-state index contributed by atoms with van der Waals surface area (Å²) in [6.45, 7) is 4.86. The van der Waals surface area contributed by atoms with Gasteiger partial charge in [-0.3, -0.25) is 0 Å². The largest absolute Gasteiger partial charge is 0.465 e. The molecule has 1 heterocycles. The zero-order valence-corrected chi connectivity index (χ0v) is 15.6. The van der Waals surface area contributed by atoms with E-state index < -0.39 is 0 Å². The Morgan fingerprint density at radius 2 is 1.96 bits per heavy atom. The summed E-state index contributed by atoms with van der Waals surface area (Å²) in [5.41, 5.74) is 3.45. The lowest BCUT2D eigenvalue weighted by Gasteiger charge is -2.21. The van der Waals surface area contributed by atoms with Crippen molar-refractivity contribution in [2.24, 2.45) is 0 Å². The summed E-state index contributed by atoms with van der Waals surface area (Å²) in [7, 11) is 1.36. The molecule has 0 aliphatic heterocycles. The van der Waals surface area contributed by atoms with E-state index >= 15 is 0 Å². The van der Waals surface area contributed by atoms with Crippen molar-refractivity contribution >= 4 is 29.1 Å². The number of nitrogens with one attached hydrogen (secondary N) is 1. The van der Waals surface area contributed by atoms with Crippen LogP contribution in [0.5, 0.6) is 0 Å². The van der Waals surface area contributed by atoms with Crippen LogP contribution in [-0.2, 0) is 4.74 Å². The van der Waals surface area contributed by atoms with Crippen LogP contribution in [0.25, 0.3) is 0 Å². The molecule has 138 valence electrons. The average molecular weight is 362 g/mol. The number of nitrogens with zero attached hydrogens (tertiary/aromatic N) is 3. The number of carbonyl (C=O) groups is 1. The van der Waals surface area contributed by atoms with Gasteiger partial charge in [-0.2, -0.15) is 4.98 Å². The number of benzene rings is 2. The summed E-state index contributed by atoms with van der Waals surface area (Å²) >= 11 is 0. The van der Waals surface area contributed by atoms with E-state index in [1.807, 2.05) is 23.1 Å². The summed E-state index contributed by atoms with van der Waals surface area (Å²) in [4.78, 5) is 22.8. The predicted molar refractivity (Wildman–Crippen MR) is 107 cm³/mol. The van der Waals surface area contributed by atoms with Gasteiger partial charge in [0, 0.05) is 24.1 Å². The van der Waals surface area contributed by atoms with Crippen molar-refractivity contribution in [2.45, 2.75) is 13.8 Å². The van der Waals surface area contributed by atoms with E-state index in [1.54, 1.807) is 30.5 Å². The molecule has 0 radical (unpaired) electrons. The fourth-order valence-electron chi connectivity index (χ4n) is 2.77. The van der Waals surface area contributed by atoms with Crippen LogP contribution in [0.1, 0.15) is 22.8 Å². The maximum Gasteiger partial charge on any atom is 0.337 e. The van der Waals surface area contributed by atoms with Crippen molar-refractivity contribution in [1.29, 1.82) is 0 Å². The molecule has 1 N–H and O–H groups in total. The van der Waals surface area contributed by atoms with Crippen molar-refractivity contribution in [3.63, 3.8) is 0 Å². The Balaban J connectivity index is 1.86. The number of anilines is 4. The van der Waals surface area contributed by atoms with Gasteiger partial charge in [0.2, 0.25) is 5.95 Å². The number of carbonyl (C=O) groups excluding carboxylic acids is 1. The van der Waals surface area contributed by atoms with Crippen molar-refractivity contribution in [1.82, 2.24) is 9.97 Å². The Hall–Kier alpha value is -3.41. The second kappa shape index (κ2) is 8.31. The number of aromatic nitrogens is 2. The van der Waals surface area contributed by atoms with E-state index in [9.17, 15) is 4.79 Å². The van der Waals surface area contributed by atoms with Crippen LogP contribution in [0.3, 0.4) is 0 Å². The SMILES string of the molecule is CCN(c1cccc(C)c1)c1nccc(Nc2cccc(C(=O)OC)c2)n1. The first kappa shape index (κ1) is 18.4. The van der Waals surface area contributed by atoms with Crippen molar-refractivity contribution in [2.75, 3.05) is 23.9 Å². The monoisotopic (exact) mass is 362 g/mol. The first-order valence-corrected chi connectivity index (χ1v) is 8.73. The Morgan fingerprint density at radius 1 is 1.15 bits per heavy atom. The number of esters is 1. The van der Waals surface area contributed by atoms with Crippen LogP contribution in [0, 0.1) is 6.92 Å². The number of hydrogen-bond acceptors (Lipinski definition) is 6. The first-order valence-electron chi connectivity index (χ1n) is 8.73. The summed E-state index contributed by atoms with van der Waals surface area (Å²) < 4.78 is 4.77. The molecule has 27 heavy (non-hydrogen) atoms. The van der Waals surface area contributed by atoms with E-state index in [2.05, 4.69) is 41.3 Å². The Bertz CT molecular complexity index is 943. The molecule has 0 aliphatic carbocycles. The van der Waals surface area contributed by atoms with Gasteiger partial charge in [-0.15, -0.1) is 0 Å². The van der Waals surface area contributed by atoms with E-state index in [0.717, 1.165) is 17.9 Å². The third kappa shape index (κ3) is 4.41. The second-order valence-corrected chi connectivity index (χ2v) is 6.02. The van der Waals surface area contributed by atoms with Gasteiger partial charge in [-0.25, -0.2) is 9.78 Å². The smallest absolute Gasteiger partial charge is 0.337 e. The van der Waals surface area contributed by atoms with E-state index in [4.69, 9.17) is 4.74 Å².